The second-order valence-electron chi connectivity index (χ2n) is 9.08. The number of likely N-dealkylation sites (tertiary alicyclic amines) is 1. The van der Waals surface area contributed by atoms with E-state index >= 15 is 0 Å². The third-order valence-electron chi connectivity index (χ3n) is 6.79. The van der Waals surface area contributed by atoms with Crippen molar-refractivity contribution in [2.75, 3.05) is 26.3 Å². The van der Waals surface area contributed by atoms with Gasteiger partial charge in [-0.25, -0.2) is 13.6 Å². The van der Waals surface area contributed by atoms with Gasteiger partial charge in [0.2, 0.25) is 5.91 Å². The zero-order chi connectivity index (χ0) is 24.7. The molecule has 2 atom stereocenters. The maximum atomic E-state index is 13.8. The normalized spacial score (nSPS) is 23.9. The van der Waals surface area contributed by atoms with Crippen LogP contribution in [-0.2, 0) is 15.1 Å². The van der Waals surface area contributed by atoms with Gasteiger partial charge in [0.25, 0.3) is 5.91 Å². The van der Waals surface area contributed by atoms with Crippen LogP contribution in [0.1, 0.15) is 43.4 Å². The number of fused-ring (bicyclic) bond motifs is 1. The van der Waals surface area contributed by atoms with E-state index in [1.807, 2.05) is 18.2 Å². The Kier molecular flexibility index (Phi) is 5.82. The second-order valence-corrected chi connectivity index (χ2v) is 9.08. The van der Waals surface area contributed by atoms with Gasteiger partial charge in [0.15, 0.2) is 23.1 Å². The van der Waals surface area contributed by atoms with E-state index in [0.29, 0.717) is 31.3 Å². The number of carbonyl (C=O) groups is 3. The maximum Gasteiger partial charge on any atom is 0.325 e. The molecule has 3 aliphatic heterocycles. The molecule has 184 valence electrons. The number of nitrogens with zero attached hydrogens (tertiary/aromatic N) is 2. The van der Waals surface area contributed by atoms with Crippen molar-refractivity contribution in [3.05, 3.63) is 59.2 Å². The summed E-state index contributed by atoms with van der Waals surface area (Å²) in [5.41, 5.74) is -0.621. The monoisotopic (exact) mass is 485 g/mol. The van der Waals surface area contributed by atoms with E-state index in [1.165, 1.54) is 13.0 Å². The molecule has 5 rings (SSSR count). The second kappa shape index (κ2) is 8.83. The Morgan fingerprint density at radius 3 is 2.60 bits per heavy atom. The SMILES string of the molecule is C[C@]1(c2ccc(F)c(F)c2)NC(=O)N(CC(=O)N2CCC[C@@H]2c2ccc3c(c2)OCCCO3)C1=O. The predicted molar refractivity (Wildman–Crippen MR) is 120 cm³/mol. The fraction of sp³-hybridized carbons (Fsp3) is 0.400. The summed E-state index contributed by atoms with van der Waals surface area (Å²) in [6.07, 6.45) is 2.29. The van der Waals surface area contributed by atoms with E-state index in [1.54, 1.807) is 4.90 Å². The van der Waals surface area contributed by atoms with E-state index in [9.17, 15) is 23.2 Å². The summed E-state index contributed by atoms with van der Waals surface area (Å²) in [5.74, 6) is -1.97. The third-order valence-corrected chi connectivity index (χ3v) is 6.79. The molecule has 0 bridgehead atoms. The van der Waals surface area contributed by atoms with Gasteiger partial charge in [-0.2, -0.15) is 0 Å². The van der Waals surface area contributed by atoms with Crippen molar-refractivity contribution < 1.29 is 32.6 Å². The number of ether oxygens (including phenoxy) is 2. The number of benzene rings is 2. The van der Waals surface area contributed by atoms with Gasteiger partial charge in [-0.1, -0.05) is 12.1 Å². The Labute approximate surface area is 200 Å². The lowest BCUT2D eigenvalue weighted by Crippen LogP contribution is -2.44. The summed E-state index contributed by atoms with van der Waals surface area (Å²) in [5, 5.41) is 2.52. The first-order valence-corrected chi connectivity index (χ1v) is 11.6. The minimum Gasteiger partial charge on any atom is -0.490 e. The highest BCUT2D eigenvalue weighted by molar-refractivity contribution is 6.09. The summed E-state index contributed by atoms with van der Waals surface area (Å²) in [7, 11) is 0. The van der Waals surface area contributed by atoms with E-state index in [4.69, 9.17) is 9.47 Å². The Bertz CT molecular complexity index is 1210. The van der Waals surface area contributed by atoms with Crippen LogP contribution < -0.4 is 14.8 Å². The van der Waals surface area contributed by atoms with Gasteiger partial charge in [-0.15, -0.1) is 0 Å². The molecule has 0 aromatic heterocycles. The zero-order valence-corrected chi connectivity index (χ0v) is 19.2. The maximum absolute atomic E-state index is 13.8. The molecule has 3 aliphatic rings. The van der Waals surface area contributed by atoms with Crippen LogP contribution >= 0.6 is 0 Å². The Balaban J connectivity index is 1.33. The van der Waals surface area contributed by atoms with Gasteiger partial charge in [-0.05, 0) is 55.2 Å². The van der Waals surface area contributed by atoms with Crippen molar-refractivity contribution in [3.63, 3.8) is 0 Å². The highest BCUT2D eigenvalue weighted by atomic mass is 19.2. The number of carbonyl (C=O) groups excluding carboxylic acids is 3. The van der Waals surface area contributed by atoms with Crippen molar-refractivity contribution in [1.82, 2.24) is 15.1 Å². The van der Waals surface area contributed by atoms with Crippen molar-refractivity contribution in [2.45, 2.75) is 37.8 Å². The number of amides is 4. The number of urea groups is 1. The molecule has 2 aromatic carbocycles. The first kappa shape index (κ1) is 23.1. The number of rotatable bonds is 4. The molecule has 10 heteroatoms. The summed E-state index contributed by atoms with van der Waals surface area (Å²) < 4.78 is 38.6. The first-order valence-electron chi connectivity index (χ1n) is 11.6. The van der Waals surface area contributed by atoms with Crippen LogP contribution in [0.3, 0.4) is 0 Å². The van der Waals surface area contributed by atoms with Crippen LogP contribution in [0.4, 0.5) is 13.6 Å². The number of hydrogen-bond donors (Lipinski definition) is 1. The third kappa shape index (κ3) is 4.06. The minimum absolute atomic E-state index is 0.0935. The van der Waals surface area contributed by atoms with Crippen molar-refractivity contribution in [1.29, 1.82) is 0 Å². The number of halogens is 2. The fourth-order valence-corrected chi connectivity index (χ4v) is 4.87. The van der Waals surface area contributed by atoms with E-state index in [-0.39, 0.29) is 17.5 Å². The van der Waals surface area contributed by atoms with Gasteiger partial charge >= 0.3 is 6.03 Å². The molecule has 35 heavy (non-hydrogen) atoms. The summed E-state index contributed by atoms with van der Waals surface area (Å²) >= 11 is 0. The molecule has 2 aromatic rings. The molecule has 0 spiro atoms. The molecule has 0 saturated carbocycles. The minimum atomic E-state index is -1.61. The Hall–Kier alpha value is -3.69. The smallest absolute Gasteiger partial charge is 0.325 e. The van der Waals surface area contributed by atoms with Gasteiger partial charge in [0.05, 0.1) is 19.3 Å². The molecule has 0 unspecified atom stereocenters. The predicted octanol–water partition coefficient (Wildman–Crippen LogP) is 3.26. The average Bonchev–Trinajstić information content (AvgIpc) is 3.31. The molecule has 0 aliphatic carbocycles. The first-order chi connectivity index (χ1) is 16.8. The van der Waals surface area contributed by atoms with Gasteiger partial charge < -0.3 is 19.7 Å². The summed E-state index contributed by atoms with van der Waals surface area (Å²) in [6, 6.07) is 7.64. The molecule has 2 fully saturated rings. The number of hydrogen-bond acceptors (Lipinski definition) is 5. The quantitative estimate of drug-likeness (QED) is 0.672. The highest BCUT2D eigenvalue weighted by Crippen LogP contribution is 2.38. The topological polar surface area (TPSA) is 88.2 Å². The standard InChI is InChI=1S/C25H25F2N3O5/c1-25(16-6-7-17(26)18(27)13-16)23(32)30(24(33)28-25)14-22(31)29-9-2-4-19(29)15-5-8-20-21(12-15)35-11-3-10-34-20/h5-8,12-13,19H,2-4,9-11,14H2,1H3,(H,28,33)/t19-,25-/m1/s1. The van der Waals surface area contributed by atoms with E-state index in [0.717, 1.165) is 41.9 Å². The lowest BCUT2D eigenvalue weighted by molar-refractivity contribution is -0.139. The van der Waals surface area contributed by atoms with Crippen LogP contribution in [-0.4, -0.2) is 53.9 Å². The van der Waals surface area contributed by atoms with Crippen LogP contribution in [0.2, 0.25) is 0 Å². The van der Waals surface area contributed by atoms with E-state index < -0.39 is 35.7 Å². The number of nitrogens with one attached hydrogen (secondary N) is 1. The lowest BCUT2D eigenvalue weighted by atomic mass is 9.92. The summed E-state index contributed by atoms with van der Waals surface area (Å²) in [4.78, 5) is 41.5. The molecule has 3 heterocycles. The van der Waals surface area contributed by atoms with Crippen LogP contribution in [0.15, 0.2) is 36.4 Å². The van der Waals surface area contributed by atoms with Gasteiger partial charge in [0.1, 0.15) is 12.1 Å². The van der Waals surface area contributed by atoms with Crippen LogP contribution in [0, 0.1) is 11.6 Å². The summed E-state index contributed by atoms with van der Waals surface area (Å²) in [6.45, 7) is 2.57. The van der Waals surface area contributed by atoms with Crippen LogP contribution in [0.25, 0.3) is 0 Å². The molecule has 0 radical (unpaired) electrons. The average molecular weight is 485 g/mol. The molecule has 2 saturated heterocycles. The Morgan fingerprint density at radius 2 is 1.83 bits per heavy atom. The highest BCUT2D eigenvalue weighted by Gasteiger charge is 2.50. The van der Waals surface area contributed by atoms with Gasteiger partial charge in [0, 0.05) is 13.0 Å². The van der Waals surface area contributed by atoms with Gasteiger partial charge in [-0.3, -0.25) is 14.5 Å². The lowest BCUT2D eigenvalue weighted by Gasteiger charge is -2.27. The number of imide groups is 1. The molecule has 1 N–H and O–H groups in total. The molecule has 8 nitrogen and oxygen atoms in total. The zero-order valence-electron chi connectivity index (χ0n) is 19.2. The van der Waals surface area contributed by atoms with Crippen molar-refractivity contribution in [2.24, 2.45) is 0 Å². The van der Waals surface area contributed by atoms with E-state index in [2.05, 4.69) is 5.32 Å². The fourth-order valence-electron chi connectivity index (χ4n) is 4.87. The van der Waals surface area contributed by atoms with Crippen molar-refractivity contribution in [3.8, 4) is 11.5 Å². The molecular weight excluding hydrogens is 460 g/mol. The molecular formula is C25H25F2N3O5. The largest absolute Gasteiger partial charge is 0.490 e. The Morgan fingerprint density at radius 1 is 1.06 bits per heavy atom. The molecule has 4 amide bonds. The van der Waals surface area contributed by atoms with Crippen LogP contribution in [0.5, 0.6) is 11.5 Å². The van der Waals surface area contributed by atoms with Crippen molar-refractivity contribution >= 4 is 17.8 Å².